The molecule has 128 valence electrons. The molecular weight excluding hydrogens is 340 g/mol. The number of aryl methyl sites for hydroxylation is 1. The maximum absolute atomic E-state index is 11.2. The van der Waals surface area contributed by atoms with E-state index < -0.39 is 22.0 Å². The summed E-state index contributed by atoms with van der Waals surface area (Å²) in [6, 6.07) is 6.17. The van der Waals surface area contributed by atoms with Gasteiger partial charge in [0, 0.05) is 18.6 Å². The van der Waals surface area contributed by atoms with Crippen LogP contribution in [-0.4, -0.2) is 20.3 Å². The van der Waals surface area contributed by atoms with Gasteiger partial charge in [-0.25, -0.2) is 4.57 Å². The Morgan fingerprint density at radius 3 is 1.82 bits per heavy atom. The first-order valence-electron chi connectivity index (χ1n) is 5.92. The van der Waals surface area contributed by atoms with Crippen molar-refractivity contribution in [3.05, 3.63) is 30.6 Å². The number of unbranched alkanes of at least 4 members (excludes halogenated alkanes) is 1. The molecule has 11 heteroatoms. The van der Waals surface area contributed by atoms with Crippen molar-refractivity contribution in [2.45, 2.75) is 38.2 Å². The smallest absolute Gasteiger partial charge is 0.205 e. The van der Waals surface area contributed by atoms with Gasteiger partial charge in [0.15, 0.2) is 12.4 Å². The fourth-order valence-corrected chi connectivity index (χ4v) is 1.44. The summed E-state index contributed by atoms with van der Waals surface area (Å²) in [5.41, 5.74) is -6.07. The van der Waals surface area contributed by atoms with Crippen molar-refractivity contribution in [3.8, 4) is 0 Å². The summed E-state index contributed by atoms with van der Waals surface area (Å²) in [6.07, 6.45) is 0.885. The molecule has 22 heavy (non-hydrogen) atoms. The predicted octanol–water partition coefficient (Wildman–Crippen LogP) is 3.15. The molecule has 1 heterocycles. The summed E-state index contributed by atoms with van der Waals surface area (Å²) in [5, 5.41) is 0. The molecule has 0 saturated heterocycles. The lowest BCUT2D eigenvalue weighted by molar-refractivity contribution is -0.697. The van der Waals surface area contributed by atoms with Crippen LogP contribution in [0.5, 0.6) is 0 Å². The number of rotatable bonds is 4. The number of nitrogens with zero attached hydrogens (tertiary/aromatic N) is 1. The van der Waals surface area contributed by atoms with E-state index in [4.69, 9.17) is 0 Å². The van der Waals surface area contributed by atoms with Gasteiger partial charge in [-0.2, -0.15) is 25.8 Å². The molecule has 0 saturated carbocycles. The van der Waals surface area contributed by atoms with Crippen LogP contribution in [0.3, 0.4) is 0 Å². The third-order valence-electron chi connectivity index (χ3n) is 2.03. The molecule has 0 aliphatic carbocycles. The van der Waals surface area contributed by atoms with Crippen LogP contribution in [-0.2, 0) is 20.8 Å². The van der Waals surface area contributed by atoms with Crippen molar-refractivity contribution >= 4 is 10.1 Å². The molecule has 0 fully saturated rings. The Morgan fingerprint density at radius 2 is 1.50 bits per heavy atom. The highest BCUT2D eigenvalue weighted by atomic mass is 32.2. The molecule has 0 aliphatic rings. The molecule has 4 nitrogen and oxygen atoms in total. The van der Waals surface area contributed by atoms with Gasteiger partial charge < -0.3 is 0 Å². The normalized spacial score (nSPS) is 12.5. The fraction of sp³-hybridized carbons (Fsp3) is 0.545. The molecule has 1 aromatic heterocycles. The van der Waals surface area contributed by atoms with E-state index in [1.165, 1.54) is 12.8 Å². The molecule has 0 radical (unpaired) electrons. The summed E-state index contributed by atoms with van der Waals surface area (Å²) < 4.78 is 89.6. The lowest BCUT2D eigenvalue weighted by Crippen LogP contribution is -2.31. The van der Waals surface area contributed by atoms with Crippen molar-refractivity contribution in [1.82, 2.24) is 0 Å². The van der Waals surface area contributed by atoms with Gasteiger partial charge in [0.25, 0.3) is 0 Å². The summed E-state index contributed by atoms with van der Waals surface area (Å²) in [4.78, 5) is 0. The molecule has 0 amide bonds. The number of pyridine rings is 1. The monoisotopic (exact) mass is 354 g/mol. The third kappa shape index (κ3) is 8.82. The summed E-state index contributed by atoms with van der Waals surface area (Å²) >= 11 is 0. The van der Waals surface area contributed by atoms with Crippen LogP contribution in [0, 0.1) is 0 Å². The van der Waals surface area contributed by atoms with E-state index in [1.807, 2.05) is 10.2 Å². The Balaban J connectivity index is 0.000000406. The standard InChI is InChI=1S/C9H14N.C2F6O3S/c1-2-3-7-10-8-5-4-6-9-10;3-1(4,5)11-12(9,10)2(6,7)8/h4-6,8-9H,2-3,7H2,1H3;/q+1;. The zero-order chi connectivity index (χ0) is 17.4. The lowest BCUT2D eigenvalue weighted by Gasteiger charge is -2.09. The molecular formula is C11H14F6NO3S+. The number of halogens is 6. The zero-order valence-electron chi connectivity index (χ0n) is 11.4. The Morgan fingerprint density at radius 1 is 1.00 bits per heavy atom. The lowest BCUT2D eigenvalue weighted by atomic mass is 10.3. The van der Waals surface area contributed by atoms with Crippen molar-refractivity contribution in [3.63, 3.8) is 0 Å². The Bertz CT molecular complexity index is 527. The van der Waals surface area contributed by atoms with Gasteiger partial charge in [-0.05, 0) is 0 Å². The number of alkyl halides is 6. The molecule has 0 N–H and O–H groups in total. The topological polar surface area (TPSA) is 47.2 Å². The van der Waals surface area contributed by atoms with Crippen molar-refractivity contribution in [2.75, 3.05) is 0 Å². The quantitative estimate of drug-likeness (QED) is 0.361. The average Bonchev–Trinajstić information content (AvgIpc) is 2.34. The second-order valence-corrected chi connectivity index (χ2v) is 5.43. The van der Waals surface area contributed by atoms with E-state index in [2.05, 4.69) is 36.0 Å². The first-order valence-corrected chi connectivity index (χ1v) is 7.32. The minimum atomic E-state index is -6.58. The summed E-state index contributed by atoms with van der Waals surface area (Å²) in [5.74, 6) is 0. The average molecular weight is 354 g/mol. The Labute approximate surface area is 123 Å². The predicted molar refractivity (Wildman–Crippen MR) is 63.7 cm³/mol. The third-order valence-corrected chi connectivity index (χ3v) is 3.01. The van der Waals surface area contributed by atoms with Crippen LogP contribution >= 0.6 is 0 Å². The first kappa shape index (κ1) is 20.6. The highest BCUT2D eigenvalue weighted by Crippen LogP contribution is 2.30. The van der Waals surface area contributed by atoms with E-state index in [-0.39, 0.29) is 0 Å². The maximum Gasteiger partial charge on any atom is 0.537 e. The number of aromatic nitrogens is 1. The maximum atomic E-state index is 11.2. The summed E-state index contributed by atoms with van der Waals surface area (Å²) in [6.45, 7) is 3.36. The Kier molecular flexibility index (Phi) is 7.81. The fourth-order valence-electron chi connectivity index (χ4n) is 1.10. The molecule has 0 bridgehead atoms. The second kappa shape index (κ2) is 8.32. The van der Waals surface area contributed by atoms with Gasteiger partial charge >= 0.3 is 22.0 Å². The minimum absolute atomic E-state index is 1.15. The van der Waals surface area contributed by atoms with Crippen LogP contribution in [0.25, 0.3) is 0 Å². The molecule has 1 rings (SSSR count). The van der Waals surface area contributed by atoms with E-state index in [1.54, 1.807) is 0 Å². The SMILES string of the molecule is CCCC[n+]1ccccc1.O=S(=O)(OC(F)(F)F)C(F)(F)F. The van der Waals surface area contributed by atoms with E-state index in [0.717, 1.165) is 6.54 Å². The van der Waals surface area contributed by atoms with Gasteiger partial charge in [0.2, 0.25) is 0 Å². The second-order valence-electron chi connectivity index (χ2n) is 3.90. The molecule has 0 atom stereocenters. The van der Waals surface area contributed by atoms with Gasteiger partial charge in [0.05, 0.1) is 0 Å². The number of hydrogen-bond acceptors (Lipinski definition) is 3. The first-order chi connectivity index (χ1) is 9.89. The molecule has 0 spiro atoms. The van der Waals surface area contributed by atoms with Crippen LogP contribution in [0.15, 0.2) is 30.6 Å². The van der Waals surface area contributed by atoms with E-state index in [9.17, 15) is 34.8 Å². The van der Waals surface area contributed by atoms with Crippen LogP contribution in [0.4, 0.5) is 26.3 Å². The van der Waals surface area contributed by atoms with Crippen molar-refractivity contribution in [1.29, 1.82) is 0 Å². The van der Waals surface area contributed by atoms with Gasteiger partial charge in [0.1, 0.15) is 6.54 Å². The van der Waals surface area contributed by atoms with Gasteiger partial charge in [-0.15, -0.1) is 13.2 Å². The number of hydrogen-bond donors (Lipinski definition) is 0. The van der Waals surface area contributed by atoms with E-state index >= 15 is 0 Å². The highest BCUT2D eigenvalue weighted by molar-refractivity contribution is 7.87. The molecule has 0 unspecified atom stereocenters. The largest absolute Gasteiger partial charge is 0.537 e. The molecule has 0 aliphatic heterocycles. The molecule has 1 aromatic rings. The zero-order valence-corrected chi connectivity index (χ0v) is 12.2. The highest BCUT2D eigenvalue weighted by Gasteiger charge is 2.53. The Hall–Kier alpha value is -1.36. The van der Waals surface area contributed by atoms with Crippen molar-refractivity contribution < 1.29 is 43.5 Å². The van der Waals surface area contributed by atoms with Crippen LogP contribution in [0.1, 0.15) is 19.8 Å². The van der Waals surface area contributed by atoms with Gasteiger partial charge in [-0.3, -0.25) is 0 Å². The van der Waals surface area contributed by atoms with Crippen LogP contribution in [0.2, 0.25) is 0 Å². The minimum Gasteiger partial charge on any atom is -0.205 e. The van der Waals surface area contributed by atoms with E-state index in [0.29, 0.717) is 0 Å². The molecule has 0 aromatic carbocycles. The van der Waals surface area contributed by atoms with Crippen LogP contribution < -0.4 is 4.57 Å². The van der Waals surface area contributed by atoms with Gasteiger partial charge in [-0.1, -0.05) is 19.4 Å². The van der Waals surface area contributed by atoms with Crippen molar-refractivity contribution in [2.24, 2.45) is 0 Å². The summed E-state index contributed by atoms with van der Waals surface area (Å²) in [7, 11) is -6.58.